The Morgan fingerprint density at radius 2 is 2.11 bits per heavy atom. The number of nitrogens with two attached hydrogens (primary N) is 1. The zero-order valence-corrected chi connectivity index (χ0v) is 12.0. The van der Waals surface area contributed by atoms with Crippen LogP contribution < -0.4 is 10.5 Å². The molecule has 0 aliphatic rings. The summed E-state index contributed by atoms with van der Waals surface area (Å²) in [6, 6.07) is 5.22. The molecule has 2 rings (SSSR count). The first-order valence-corrected chi connectivity index (χ1v) is 7.52. The quantitative estimate of drug-likeness (QED) is 0.886. The van der Waals surface area contributed by atoms with Gasteiger partial charge in [-0.15, -0.1) is 0 Å². The van der Waals surface area contributed by atoms with E-state index in [1.165, 1.54) is 4.40 Å². The fourth-order valence-corrected chi connectivity index (χ4v) is 3.45. The van der Waals surface area contributed by atoms with Crippen molar-refractivity contribution < 1.29 is 8.42 Å². The van der Waals surface area contributed by atoms with Crippen molar-refractivity contribution in [3.8, 4) is 0 Å². The lowest BCUT2D eigenvalue weighted by Crippen LogP contribution is -2.43. The predicted octanol–water partition coefficient (Wildman–Crippen LogP) is 1.38. The van der Waals surface area contributed by atoms with Crippen molar-refractivity contribution in [2.45, 2.75) is 37.8 Å². The van der Waals surface area contributed by atoms with E-state index in [9.17, 15) is 8.42 Å². The second-order valence-electron chi connectivity index (χ2n) is 5.07. The molecular weight excluding hydrogens is 264 g/mol. The molecule has 2 aromatic rings. The molecule has 0 fully saturated rings. The lowest BCUT2D eigenvalue weighted by atomic mass is 10.0. The van der Waals surface area contributed by atoms with Crippen LogP contribution in [0.3, 0.4) is 0 Å². The number of imidazole rings is 1. The monoisotopic (exact) mass is 282 g/mol. The largest absolute Gasteiger partial charge is 0.381 e. The van der Waals surface area contributed by atoms with Crippen molar-refractivity contribution in [2.75, 3.05) is 5.73 Å². The van der Waals surface area contributed by atoms with E-state index in [2.05, 4.69) is 9.71 Å². The molecular formula is C12H18N4O2S. The molecule has 0 aliphatic carbocycles. The van der Waals surface area contributed by atoms with Gasteiger partial charge in [0.2, 0.25) is 0 Å². The van der Waals surface area contributed by atoms with Crippen LogP contribution in [-0.4, -0.2) is 23.3 Å². The standard InChI is InChI=1S/C12H18N4O2S/c1-4-12(2,3)15-19(17,18)11-10(13)14-9-7-5-6-8-16(9)11/h5-8,15H,4,13H2,1-3H3. The number of pyridine rings is 1. The minimum Gasteiger partial charge on any atom is -0.381 e. The Morgan fingerprint density at radius 3 is 2.74 bits per heavy atom. The number of hydrogen-bond donors (Lipinski definition) is 2. The number of aromatic nitrogens is 2. The predicted molar refractivity (Wildman–Crippen MR) is 74.3 cm³/mol. The van der Waals surface area contributed by atoms with Gasteiger partial charge in [-0.1, -0.05) is 13.0 Å². The topological polar surface area (TPSA) is 89.5 Å². The van der Waals surface area contributed by atoms with Crippen LogP contribution in [0.2, 0.25) is 0 Å². The van der Waals surface area contributed by atoms with Crippen LogP contribution in [0.5, 0.6) is 0 Å². The van der Waals surface area contributed by atoms with Gasteiger partial charge in [-0.3, -0.25) is 4.40 Å². The maximum atomic E-state index is 12.5. The molecule has 7 heteroatoms. The Bertz CT molecular complexity index is 704. The van der Waals surface area contributed by atoms with E-state index in [0.29, 0.717) is 12.1 Å². The van der Waals surface area contributed by atoms with Crippen molar-refractivity contribution in [1.29, 1.82) is 0 Å². The summed E-state index contributed by atoms with van der Waals surface area (Å²) >= 11 is 0. The van der Waals surface area contributed by atoms with Gasteiger partial charge in [0.05, 0.1) is 0 Å². The summed E-state index contributed by atoms with van der Waals surface area (Å²) in [7, 11) is -3.72. The Balaban J connectivity index is 2.58. The summed E-state index contributed by atoms with van der Waals surface area (Å²) in [4.78, 5) is 4.06. The van der Waals surface area contributed by atoms with Crippen molar-refractivity contribution in [3.05, 3.63) is 24.4 Å². The lowest BCUT2D eigenvalue weighted by Gasteiger charge is -2.23. The minimum absolute atomic E-state index is 0.00519. The highest BCUT2D eigenvalue weighted by Crippen LogP contribution is 2.22. The van der Waals surface area contributed by atoms with Crippen LogP contribution in [0.4, 0.5) is 5.82 Å². The molecule has 0 bridgehead atoms. The van der Waals surface area contributed by atoms with Gasteiger partial charge in [-0.05, 0) is 32.4 Å². The number of nitrogen functional groups attached to an aromatic ring is 1. The maximum Gasteiger partial charge on any atom is 0.260 e. The van der Waals surface area contributed by atoms with Crippen LogP contribution >= 0.6 is 0 Å². The number of hydrogen-bond acceptors (Lipinski definition) is 4. The number of fused-ring (bicyclic) bond motifs is 1. The maximum absolute atomic E-state index is 12.5. The third kappa shape index (κ3) is 2.57. The van der Waals surface area contributed by atoms with Crippen molar-refractivity contribution in [3.63, 3.8) is 0 Å². The normalized spacial score (nSPS) is 13.0. The van der Waals surface area contributed by atoms with Crippen LogP contribution in [0.15, 0.2) is 29.4 Å². The van der Waals surface area contributed by atoms with E-state index in [1.807, 2.05) is 20.8 Å². The van der Waals surface area contributed by atoms with Crippen LogP contribution in [0.25, 0.3) is 5.65 Å². The van der Waals surface area contributed by atoms with Gasteiger partial charge in [0.1, 0.15) is 5.65 Å². The molecule has 2 aromatic heterocycles. The van der Waals surface area contributed by atoms with Gasteiger partial charge < -0.3 is 5.73 Å². The van der Waals surface area contributed by atoms with Gasteiger partial charge in [0, 0.05) is 11.7 Å². The second kappa shape index (κ2) is 4.50. The molecule has 0 amide bonds. The first-order valence-electron chi connectivity index (χ1n) is 6.03. The summed E-state index contributed by atoms with van der Waals surface area (Å²) < 4.78 is 29.0. The van der Waals surface area contributed by atoms with Crippen LogP contribution in [0, 0.1) is 0 Å². The summed E-state index contributed by atoms with van der Waals surface area (Å²) in [5.41, 5.74) is 5.72. The zero-order valence-electron chi connectivity index (χ0n) is 11.2. The molecule has 0 aromatic carbocycles. The smallest absolute Gasteiger partial charge is 0.260 e. The fourth-order valence-electron chi connectivity index (χ4n) is 1.74. The zero-order chi connectivity index (χ0) is 14.3. The highest BCUT2D eigenvalue weighted by atomic mass is 32.2. The van der Waals surface area contributed by atoms with Crippen molar-refractivity contribution >= 4 is 21.5 Å². The molecule has 0 aliphatic heterocycles. The summed E-state index contributed by atoms with van der Waals surface area (Å²) in [5.74, 6) is 0.00519. The molecule has 0 radical (unpaired) electrons. The van der Waals surface area contributed by atoms with Gasteiger partial charge in [0.15, 0.2) is 10.8 Å². The molecule has 0 atom stereocenters. The van der Waals surface area contributed by atoms with Crippen molar-refractivity contribution in [2.24, 2.45) is 0 Å². The van der Waals surface area contributed by atoms with Gasteiger partial charge in [-0.2, -0.15) is 0 Å². The molecule has 0 saturated heterocycles. The third-order valence-corrected chi connectivity index (χ3v) is 4.80. The SMILES string of the molecule is CCC(C)(C)NS(=O)(=O)c1c(N)nc2ccccn12. The highest BCUT2D eigenvalue weighted by molar-refractivity contribution is 7.89. The molecule has 104 valence electrons. The lowest BCUT2D eigenvalue weighted by molar-refractivity contribution is 0.438. The second-order valence-corrected chi connectivity index (χ2v) is 6.67. The highest BCUT2D eigenvalue weighted by Gasteiger charge is 2.29. The average Bonchev–Trinajstić information content (AvgIpc) is 2.64. The Hall–Kier alpha value is -1.60. The Kier molecular flexibility index (Phi) is 3.27. The van der Waals surface area contributed by atoms with E-state index >= 15 is 0 Å². The number of nitrogens with one attached hydrogen (secondary N) is 1. The van der Waals surface area contributed by atoms with E-state index in [4.69, 9.17) is 5.73 Å². The molecule has 0 saturated carbocycles. The first-order chi connectivity index (χ1) is 8.77. The third-order valence-electron chi connectivity index (χ3n) is 3.06. The number of anilines is 1. The summed E-state index contributed by atoms with van der Waals surface area (Å²) in [5, 5.41) is -0.00961. The van der Waals surface area contributed by atoms with E-state index in [1.54, 1.807) is 24.4 Å². The average molecular weight is 282 g/mol. The molecule has 19 heavy (non-hydrogen) atoms. The summed E-state index contributed by atoms with van der Waals surface area (Å²) in [6.45, 7) is 5.56. The van der Waals surface area contributed by atoms with Gasteiger partial charge >= 0.3 is 0 Å². The van der Waals surface area contributed by atoms with Crippen LogP contribution in [0.1, 0.15) is 27.2 Å². The molecule has 2 heterocycles. The Morgan fingerprint density at radius 1 is 1.42 bits per heavy atom. The Labute approximate surface area is 112 Å². The molecule has 6 nitrogen and oxygen atoms in total. The van der Waals surface area contributed by atoms with Gasteiger partial charge in [-0.25, -0.2) is 18.1 Å². The van der Waals surface area contributed by atoms with Crippen LogP contribution in [-0.2, 0) is 10.0 Å². The molecule has 0 unspecified atom stereocenters. The van der Waals surface area contributed by atoms with E-state index in [0.717, 1.165) is 0 Å². The number of nitrogens with zero attached hydrogens (tertiary/aromatic N) is 2. The van der Waals surface area contributed by atoms with E-state index < -0.39 is 15.6 Å². The summed E-state index contributed by atoms with van der Waals surface area (Å²) in [6.07, 6.45) is 2.30. The minimum atomic E-state index is -3.72. The van der Waals surface area contributed by atoms with E-state index in [-0.39, 0.29) is 10.8 Å². The first kappa shape index (κ1) is 13.8. The molecule has 3 N–H and O–H groups in total. The number of sulfonamides is 1. The number of rotatable bonds is 4. The fraction of sp³-hybridized carbons (Fsp3) is 0.417. The van der Waals surface area contributed by atoms with Gasteiger partial charge in [0.25, 0.3) is 10.0 Å². The van der Waals surface area contributed by atoms with Crippen molar-refractivity contribution in [1.82, 2.24) is 14.1 Å². The molecule has 0 spiro atoms.